The third kappa shape index (κ3) is 2.66. The lowest BCUT2D eigenvalue weighted by Crippen LogP contribution is -2.17. The monoisotopic (exact) mass is 252 g/mol. The minimum absolute atomic E-state index is 0.273. The molecule has 0 aliphatic carbocycles. The Morgan fingerprint density at radius 2 is 1.95 bits per heavy atom. The Morgan fingerprint density at radius 3 is 2.74 bits per heavy atom. The highest BCUT2D eigenvalue weighted by molar-refractivity contribution is 5.83. The summed E-state index contributed by atoms with van der Waals surface area (Å²) in [6, 6.07) is 17.1. The molecule has 0 aliphatic heterocycles. The average Bonchev–Trinajstić information content (AvgIpc) is 2.97. The lowest BCUT2D eigenvalue weighted by Gasteiger charge is -2.13. The van der Waals surface area contributed by atoms with E-state index in [1.54, 1.807) is 6.20 Å². The van der Waals surface area contributed by atoms with Crippen LogP contribution in [-0.2, 0) is 6.54 Å². The Morgan fingerprint density at radius 1 is 1.11 bits per heavy atom. The Kier molecular flexibility index (Phi) is 3.29. The molecule has 1 unspecified atom stereocenters. The van der Waals surface area contributed by atoms with Crippen molar-refractivity contribution in [1.29, 1.82) is 0 Å². The highest BCUT2D eigenvalue weighted by atomic mass is 16.5. The van der Waals surface area contributed by atoms with E-state index in [2.05, 4.69) is 59.9 Å². The van der Waals surface area contributed by atoms with Crippen LogP contribution in [0.5, 0.6) is 0 Å². The van der Waals surface area contributed by atoms with Crippen molar-refractivity contribution in [2.75, 3.05) is 0 Å². The molecule has 0 radical (unpaired) electrons. The van der Waals surface area contributed by atoms with Crippen LogP contribution in [0.3, 0.4) is 0 Å². The van der Waals surface area contributed by atoms with E-state index in [-0.39, 0.29) is 6.04 Å². The number of aromatic nitrogens is 1. The molecule has 1 heterocycles. The molecule has 1 aromatic heterocycles. The summed E-state index contributed by atoms with van der Waals surface area (Å²) in [5.41, 5.74) is 1.28. The first-order valence-corrected chi connectivity index (χ1v) is 6.44. The van der Waals surface area contributed by atoms with Crippen LogP contribution in [-0.4, -0.2) is 5.16 Å². The highest BCUT2D eigenvalue weighted by Crippen LogP contribution is 2.20. The number of nitrogens with one attached hydrogen (secondary N) is 1. The first-order valence-electron chi connectivity index (χ1n) is 6.44. The maximum absolute atomic E-state index is 5.08. The molecule has 1 atom stereocenters. The van der Waals surface area contributed by atoms with E-state index < -0.39 is 0 Å². The van der Waals surface area contributed by atoms with Gasteiger partial charge in [-0.15, -0.1) is 0 Å². The fourth-order valence-electron chi connectivity index (χ4n) is 2.18. The summed E-state index contributed by atoms with van der Waals surface area (Å²) in [6.07, 6.45) is 1.66. The van der Waals surface area contributed by atoms with Gasteiger partial charge in [0.15, 0.2) is 0 Å². The SMILES string of the molecule is CC(NCc1ccno1)c1ccc2ccccc2c1. The smallest absolute Gasteiger partial charge is 0.150 e. The lowest BCUT2D eigenvalue weighted by molar-refractivity contribution is 0.366. The highest BCUT2D eigenvalue weighted by Gasteiger charge is 2.06. The van der Waals surface area contributed by atoms with Crippen LogP contribution >= 0.6 is 0 Å². The summed E-state index contributed by atoms with van der Waals surface area (Å²) in [4.78, 5) is 0. The van der Waals surface area contributed by atoms with Crippen LogP contribution in [0.4, 0.5) is 0 Å². The molecule has 0 amide bonds. The van der Waals surface area contributed by atoms with Crippen molar-refractivity contribution in [3.05, 3.63) is 66.1 Å². The second-order valence-corrected chi connectivity index (χ2v) is 4.69. The van der Waals surface area contributed by atoms with Gasteiger partial charge >= 0.3 is 0 Å². The predicted molar refractivity (Wildman–Crippen MR) is 75.7 cm³/mol. The van der Waals surface area contributed by atoms with Gasteiger partial charge < -0.3 is 9.84 Å². The number of rotatable bonds is 4. The second-order valence-electron chi connectivity index (χ2n) is 4.69. The molecule has 2 aromatic carbocycles. The molecule has 0 saturated carbocycles. The second kappa shape index (κ2) is 5.24. The van der Waals surface area contributed by atoms with Crippen LogP contribution in [0.15, 0.2) is 59.3 Å². The van der Waals surface area contributed by atoms with Gasteiger partial charge in [0.2, 0.25) is 0 Å². The minimum atomic E-state index is 0.273. The molecular weight excluding hydrogens is 236 g/mol. The minimum Gasteiger partial charge on any atom is -0.360 e. The number of nitrogens with zero attached hydrogens (tertiary/aromatic N) is 1. The van der Waals surface area contributed by atoms with Crippen molar-refractivity contribution >= 4 is 10.8 Å². The molecular formula is C16H16N2O. The zero-order valence-electron chi connectivity index (χ0n) is 10.8. The van der Waals surface area contributed by atoms with Gasteiger partial charge in [0, 0.05) is 12.1 Å². The van der Waals surface area contributed by atoms with Gasteiger partial charge in [-0.1, -0.05) is 41.6 Å². The van der Waals surface area contributed by atoms with E-state index in [0.29, 0.717) is 6.54 Å². The zero-order chi connectivity index (χ0) is 13.1. The molecule has 96 valence electrons. The third-order valence-corrected chi connectivity index (χ3v) is 3.35. The average molecular weight is 252 g/mol. The predicted octanol–water partition coefficient (Wildman–Crippen LogP) is 3.68. The lowest BCUT2D eigenvalue weighted by atomic mass is 10.0. The Labute approximate surface area is 112 Å². The van der Waals surface area contributed by atoms with E-state index >= 15 is 0 Å². The molecule has 1 N–H and O–H groups in total. The first kappa shape index (κ1) is 11.9. The Hall–Kier alpha value is -2.13. The fourth-order valence-corrected chi connectivity index (χ4v) is 2.18. The van der Waals surface area contributed by atoms with Gasteiger partial charge in [0.25, 0.3) is 0 Å². The van der Waals surface area contributed by atoms with Crippen molar-refractivity contribution in [3.63, 3.8) is 0 Å². The van der Waals surface area contributed by atoms with Crippen LogP contribution in [0.1, 0.15) is 24.3 Å². The Balaban J connectivity index is 1.75. The quantitative estimate of drug-likeness (QED) is 0.769. The van der Waals surface area contributed by atoms with E-state index in [4.69, 9.17) is 4.52 Å². The summed E-state index contributed by atoms with van der Waals surface area (Å²) in [5, 5.41) is 9.67. The summed E-state index contributed by atoms with van der Waals surface area (Å²) < 4.78 is 5.08. The fraction of sp³-hybridized carbons (Fsp3) is 0.188. The van der Waals surface area contributed by atoms with E-state index in [0.717, 1.165) is 5.76 Å². The van der Waals surface area contributed by atoms with Gasteiger partial charge in [-0.3, -0.25) is 0 Å². The molecule has 3 heteroatoms. The molecule has 19 heavy (non-hydrogen) atoms. The number of hydrogen-bond acceptors (Lipinski definition) is 3. The Bertz CT molecular complexity index is 661. The van der Waals surface area contributed by atoms with Crippen molar-refractivity contribution < 1.29 is 4.52 Å². The molecule has 0 aliphatic rings. The molecule has 3 nitrogen and oxygen atoms in total. The topological polar surface area (TPSA) is 38.1 Å². The summed E-state index contributed by atoms with van der Waals surface area (Å²) in [6.45, 7) is 2.84. The van der Waals surface area contributed by atoms with Gasteiger partial charge in [-0.2, -0.15) is 0 Å². The maximum atomic E-state index is 5.08. The van der Waals surface area contributed by atoms with Crippen LogP contribution in [0.2, 0.25) is 0 Å². The van der Waals surface area contributed by atoms with Gasteiger partial charge in [-0.25, -0.2) is 0 Å². The number of benzene rings is 2. The van der Waals surface area contributed by atoms with Gasteiger partial charge in [0.1, 0.15) is 5.76 Å². The van der Waals surface area contributed by atoms with Crippen molar-refractivity contribution in [1.82, 2.24) is 10.5 Å². The van der Waals surface area contributed by atoms with Gasteiger partial charge in [0.05, 0.1) is 12.7 Å². The number of hydrogen-bond donors (Lipinski definition) is 1. The largest absolute Gasteiger partial charge is 0.360 e. The van der Waals surface area contributed by atoms with Gasteiger partial charge in [-0.05, 0) is 29.3 Å². The van der Waals surface area contributed by atoms with Crippen LogP contribution < -0.4 is 5.32 Å². The molecule has 3 rings (SSSR count). The molecule has 0 bridgehead atoms. The summed E-state index contributed by atoms with van der Waals surface area (Å²) >= 11 is 0. The van der Waals surface area contributed by atoms with Crippen LogP contribution in [0, 0.1) is 0 Å². The normalized spacial score (nSPS) is 12.7. The van der Waals surface area contributed by atoms with E-state index in [1.807, 2.05) is 6.07 Å². The summed E-state index contributed by atoms with van der Waals surface area (Å²) in [5.74, 6) is 0.854. The third-order valence-electron chi connectivity index (χ3n) is 3.35. The molecule has 0 spiro atoms. The molecule has 0 fully saturated rings. The maximum Gasteiger partial charge on any atom is 0.150 e. The van der Waals surface area contributed by atoms with Crippen molar-refractivity contribution in [2.45, 2.75) is 19.5 Å². The molecule has 3 aromatic rings. The van der Waals surface area contributed by atoms with Crippen molar-refractivity contribution in [3.8, 4) is 0 Å². The van der Waals surface area contributed by atoms with E-state index in [9.17, 15) is 0 Å². The van der Waals surface area contributed by atoms with E-state index in [1.165, 1.54) is 16.3 Å². The summed E-state index contributed by atoms with van der Waals surface area (Å²) in [7, 11) is 0. The standard InChI is InChI=1S/C16H16N2O/c1-12(17-11-16-8-9-18-19-16)14-7-6-13-4-2-3-5-15(13)10-14/h2-10,12,17H,11H2,1H3. The van der Waals surface area contributed by atoms with Crippen LogP contribution in [0.25, 0.3) is 10.8 Å². The zero-order valence-corrected chi connectivity index (χ0v) is 10.8. The molecule has 0 saturated heterocycles. The number of fused-ring (bicyclic) bond motifs is 1. The van der Waals surface area contributed by atoms with Crippen molar-refractivity contribution in [2.24, 2.45) is 0 Å². The first-order chi connectivity index (χ1) is 9.33.